The van der Waals surface area contributed by atoms with Crippen LogP contribution in [0.15, 0.2) is 246 Å². The minimum absolute atomic E-state index is 0.00520. The van der Waals surface area contributed by atoms with Crippen molar-refractivity contribution in [3.05, 3.63) is 248 Å². The molecule has 9 aromatic carbocycles. The van der Waals surface area contributed by atoms with Crippen molar-refractivity contribution >= 4 is 102 Å². The van der Waals surface area contributed by atoms with E-state index in [2.05, 4.69) is 244 Å². The van der Waals surface area contributed by atoms with Gasteiger partial charge < -0.3 is 4.42 Å². The molecule has 328 valence electrons. The number of nitrogens with zero attached hydrogens (tertiary/aromatic N) is 6. The molecule has 8 heteroatoms. The molecule has 0 spiro atoms. The fraction of sp³-hybridized carbons (Fsp3) is 0.0161. The molecule has 0 amide bonds. The van der Waals surface area contributed by atoms with Crippen LogP contribution in [0.25, 0.3) is 66.7 Å². The van der Waals surface area contributed by atoms with E-state index in [9.17, 15) is 0 Å². The van der Waals surface area contributed by atoms with Gasteiger partial charge in [-0.05, 0) is 104 Å². The van der Waals surface area contributed by atoms with E-state index in [0.717, 1.165) is 89.8 Å². The molecule has 2 aliphatic rings. The average Bonchev–Trinajstić information content (AvgIpc) is 4.23. The second-order valence-corrected chi connectivity index (χ2v) is 22.2. The van der Waals surface area contributed by atoms with Gasteiger partial charge in [-0.3, -0.25) is 13.9 Å². The number of pyridine rings is 1. The minimum Gasteiger partial charge on any atom is -0.456 e. The van der Waals surface area contributed by atoms with E-state index in [-0.39, 0.29) is 5.92 Å². The third-order valence-corrected chi connectivity index (χ3v) is 19.5. The molecule has 7 nitrogen and oxygen atoms in total. The van der Waals surface area contributed by atoms with Gasteiger partial charge in [-0.1, -0.05) is 176 Å². The summed E-state index contributed by atoms with van der Waals surface area (Å²) in [6, 6.07) is 85.4. The summed E-state index contributed by atoms with van der Waals surface area (Å²) in [5.74, 6) is 3.34. The molecule has 13 aromatic rings. The first-order valence-corrected chi connectivity index (χ1v) is 25.8. The van der Waals surface area contributed by atoms with Gasteiger partial charge in [0.05, 0.1) is 39.4 Å². The Balaban J connectivity index is 0.967. The third-order valence-electron chi connectivity index (χ3n) is 14.7. The normalized spacial score (nSPS) is 14.2. The van der Waals surface area contributed by atoms with Gasteiger partial charge in [0.25, 0.3) is 0 Å². The van der Waals surface area contributed by atoms with Gasteiger partial charge >= 0.3 is 0 Å². The lowest BCUT2D eigenvalue weighted by Gasteiger charge is -2.34. The van der Waals surface area contributed by atoms with Crippen LogP contribution in [0.4, 0.5) is 17.2 Å². The lowest BCUT2D eigenvalue weighted by molar-refractivity contribution is 0.669. The largest absolute Gasteiger partial charge is 0.456 e. The van der Waals surface area contributed by atoms with Crippen LogP contribution in [0, 0.1) is 0 Å². The maximum atomic E-state index is 6.40. The molecular formula is C62H40N6OSi. The molecule has 0 fully saturated rings. The van der Waals surface area contributed by atoms with Crippen molar-refractivity contribution in [3.63, 3.8) is 0 Å². The van der Waals surface area contributed by atoms with Gasteiger partial charge in [0.15, 0.2) is 8.07 Å². The minimum atomic E-state index is -2.94. The topological polar surface area (TPSA) is 63.9 Å². The lowest BCUT2D eigenvalue weighted by Crippen LogP contribution is -2.74. The Labute approximate surface area is 403 Å². The number of fused-ring (bicyclic) bond motifs is 13. The Kier molecular flexibility index (Phi) is 8.31. The van der Waals surface area contributed by atoms with E-state index in [1.807, 2.05) is 6.07 Å². The van der Waals surface area contributed by atoms with Gasteiger partial charge in [-0.15, -0.1) is 0 Å². The van der Waals surface area contributed by atoms with Crippen LogP contribution in [0.2, 0.25) is 0 Å². The Bertz CT molecular complexity index is 4230. The smallest absolute Gasteiger partial charge is 0.221 e. The number of hydrogen-bond acceptors (Lipinski definition) is 5. The summed E-state index contributed by atoms with van der Waals surface area (Å²) < 4.78 is 10.9. The third kappa shape index (κ3) is 5.53. The maximum Gasteiger partial charge on any atom is 0.221 e. The van der Waals surface area contributed by atoms with Crippen LogP contribution in [0.5, 0.6) is 0 Å². The number of rotatable bonds is 7. The molecule has 2 aliphatic heterocycles. The summed E-state index contributed by atoms with van der Waals surface area (Å²) in [5, 5.41) is 7.45. The number of anilines is 2. The highest BCUT2D eigenvalue weighted by Crippen LogP contribution is 2.51. The van der Waals surface area contributed by atoms with Crippen molar-refractivity contribution in [3.8, 4) is 16.9 Å². The zero-order valence-electron chi connectivity index (χ0n) is 37.7. The van der Waals surface area contributed by atoms with Gasteiger partial charge in [0.1, 0.15) is 28.6 Å². The highest BCUT2D eigenvalue weighted by atomic mass is 28.3. The van der Waals surface area contributed by atoms with E-state index in [0.29, 0.717) is 0 Å². The number of benzene rings is 9. The molecule has 0 saturated carbocycles. The first kappa shape index (κ1) is 38.9. The van der Waals surface area contributed by atoms with Gasteiger partial charge in [0, 0.05) is 10.8 Å². The van der Waals surface area contributed by atoms with Gasteiger partial charge in [0.2, 0.25) is 5.78 Å². The zero-order valence-corrected chi connectivity index (χ0v) is 38.7. The van der Waals surface area contributed by atoms with Crippen LogP contribution < -0.4 is 25.6 Å². The SMILES string of the molecule is c1ccc([Si](c2ccccc2)(c2ccc(-c3cc(N4C5=Nc6ccccc6C5c5ccccc54)nc(-n4c5ccccc5n5c6ccccc6nc45)c3)cc2)c2ccc3oc4ccccc4c3c2)cc1. The highest BCUT2D eigenvalue weighted by molar-refractivity contribution is 7.20. The van der Waals surface area contributed by atoms with Crippen LogP contribution in [-0.4, -0.2) is 32.8 Å². The second kappa shape index (κ2) is 14.9. The molecule has 0 aliphatic carbocycles. The predicted octanol–water partition coefficient (Wildman–Crippen LogP) is 12.1. The standard InChI is InChI=1S/C62H40N6OSi/c1-3-17-42(18-4-1)70(43-19-5-2-6-20-43,45-35-36-57-49(39-45)46-21-9-16-30-56(46)69-57)44-33-31-40(32-34-44)41-37-58(67-52-26-12-8-23-48(52)60-47-22-7-10-24-50(47)63-61(60)67)65-59(38-41)68-55-29-15-14-28-54(55)66-53-27-13-11-25-51(53)64-62(66)68/h1-39,60H. The summed E-state index contributed by atoms with van der Waals surface area (Å²) >= 11 is 0. The average molecular weight is 913 g/mol. The summed E-state index contributed by atoms with van der Waals surface area (Å²) in [6.07, 6.45) is 0. The van der Waals surface area contributed by atoms with Crippen LogP contribution >= 0.6 is 0 Å². The molecule has 70 heavy (non-hydrogen) atoms. The number of aromatic nitrogens is 4. The number of para-hydroxylation sites is 7. The second-order valence-electron chi connectivity index (χ2n) is 18.4. The predicted molar refractivity (Wildman–Crippen MR) is 288 cm³/mol. The summed E-state index contributed by atoms with van der Waals surface area (Å²) in [5.41, 5.74) is 12.5. The summed E-state index contributed by atoms with van der Waals surface area (Å²) in [6.45, 7) is 0. The van der Waals surface area contributed by atoms with Crippen molar-refractivity contribution in [1.29, 1.82) is 0 Å². The van der Waals surface area contributed by atoms with Crippen LogP contribution in [0.1, 0.15) is 17.0 Å². The number of aliphatic imine (C=N–C) groups is 1. The fourth-order valence-electron chi connectivity index (χ4n) is 11.7. The van der Waals surface area contributed by atoms with Crippen molar-refractivity contribution in [2.24, 2.45) is 4.99 Å². The van der Waals surface area contributed by atoms with Crippen molar-refractivity contribution in [2.75, 3.05) is 4.90 Å². The molecule has 15 rings (SSSR count). The Morgan fingerprint density at radius 1 is 0.429 bits per heavy atom. The van der Waals surface area contributed by atoms with Crippen molar-refractivity contribution < 1.29 is 4.42 Å². The molecule has 0 N–H and O–H groups in total. The Hall–Kier alpha value is -9.11. The van der Waals surface area contributed by atoms with Crippen LogP contribution in [0.3, 0.4) is 0 Å². The zero-order chi connectivity index (χ0) is 45.9. The number of hydrogen-bond donors (Lipinski definition) is 0. The number of amidine groups is 1. The quantitative estimate of drug-likeness (QED) is 0.118. The van der Waals surface area contributed by atoms with Gasteiger partial charge in [-0.2, -0.15) is 0 Å². The molecule has 0 bridgehead atoms. The summed E-state index contributed by atoms with van der Waals surface area (Å²) in [7, 11) is -2.94. The lowest BCUT2D eigenvalue weighted by atomic mass is 9.93. The fourth-order valence-corrected chi connectivity index (χ4v) is 16.4. The molecule has 1 atom stereocenters. The van der Waals surface area contributed by atoms with Crippen molar-refractivity contribution in [1.82, 2.24) is 18.9 Å². The Morgan fingerprint density at radius 3 is 1.86 bits per heavy atom. The molecule has 4 aromatic heterocycles. The van der Waals surface area contributed by atoms with E-state index < -0.39 is 8.07 Å². The van der Waals surface area contributed by atoms with E-state index in [4.69, 9.17) is 19.4 Å². The first-order chi connectivity index (χ1) is 34.7. The van der Waals surface area contributed by atoms with E-state index in [1.54, 1.807) is 0 Å². The first-order valence-electron chi connectivity index (χ1n) is 23.8. The molecule has 6 heterocycles. The Morgan fingerprint density at radius 2 is 1.04 bits per heavy atom. The van der Waals surface area contributed by atoms with Gasteiger partial charge in [-0.25, -0.2) is 15.0 Å². The molecule has 1 unspecified atom stereocenters. The highest BCUT2D eigenvalue weighted by Gasteiger charge is 2.43. The van der Waals surface area contributed by atoms with E-state index in [1.165, 1.54) is 31.9 Å². The van der Waals surface area contributed by atoms with Crippen molar-refractivity contribution in [2.45, 2.75) is 5.92 Å². The maximum absolute atomic E-state index is 6.40. The molecule has 0 radical (unpaired) electrons. The molecular weight excluding hydrogens is 873 g/mol. The number of imidazole rings is 2. The monoisotopic (exact) mass is 912 g/mol. The molecule has 0 saturated heterocycles. The van der Waals surface area contributed by atoms with Crippen LogP contribution in [-0.2, 0) is 0 Å². The summed E-state index contributed by atoms with van der Waals surface area (Å²) in [4.78, 5) is 18.6. The van der Waals surface area contributed by atoms with E-state index >= 15 is 0 Å². The number of furan rings is 1.